The van der Waals surface area contributed by atoms with E-state index in [-0.39, 0.29) is 0 Å². The number of nitrogens with one attached hydrogen (secondary N) is 1. The van der Waals surface area contributed by atoms with E-state index in [0.717, 1.165) is 10.9 Å². The van der Waals surface area contributed by atoms with Crippen LogP contribution in [0.25, 0.3) is 0 Å². The van der Waals surface area contributed by atoms with E-state index in [0.29, 0.717) is 12.0 Å². The van der Waals surface area contributed by atoms with Crippen molar-refractivity contribution in [3.8, 4) is 0 Å². The summed E-state index contributed by atoms with van der Waals surface area (Å²) in [5.41, 5.74) is 5.47. The van der Waals surface area contributed by atoms with Gasteiger partial charge >= 0.3 is 0 Å². The van der Waals surface area contributed by atoms with Gasteiger partial charge in [0.15, 0.2) is 0 Å². The molecule has 0 amide bonds. The highest BCUT2D eigenvalue weighted by Crippen LogP contribution is 2.25. The monoisotopic (exact) mass is 345 g/mol. The van der Waals surface area contributed by atoms with Crippen LogP contribution in [0.1, 0.15) is 48.1 Å². The second-order valence-corrected chi connectivity index (χ2v) is 6.86. The highest BCUT2D eigenvalue weighted by Gasteiger charge is 2.13. The molecule has 0 spiro atoms. The van der Waals surface area contributed by atoms with Crippen molar-refractivity contribution in [1.82, 2.24) is 5.32 Å². The molecular formula is C19H24BrN. The molecule has 2 aromatic carbocycles. The van der Waals surface area contributed by atoms with Gasteiger partial charge in [-0.25, -0.2) is 0 Å². The number of rotatable bonds is 5. The molecule has 21 heavy (non-hydrogen) atoms. The lowest BCUT2D eigenvalue weighted by Crippen LogP contribution is -2.19. The fourth-order valence-corrected chi connectivity index (χ4v) is 3.01. The minimum atomic E-state index is 0.340. The summed E-state index contributed by atoms with van der Waals surface area (Å²) < 4.78 is 1.14. The van der Waals surface area contributed by atoms with Crippen molar-refractivity contribution in [1.29, 1.82) is 0 Å². The molecule has 0 bridgehead atoms. The molecule has 0 aliphatic carbocycles. The largest absolute Gasteiger partial charge is 0.313 e. The molecule has 1 nitrogen and oxygen atoms in total. The topological polar surface area (TPSA) is 12.0 Å². The number of aryl methyl sites for hydroxylation is 1. The summed E-state index contributed by atoms with van der Waals surface area (Å²) in [4.78, 5) is 0. The molecular weight excluding hydrogens is 322 g/mol. The summed E-state index contributed by atoms with van der Waals surface area (Å²) in [6, 6.07) is 15.8. The van der Waals surface area contributed by atoms with Crippen LogP contribution in [0.5, 0.6) is 0 Å². The molecule has 2 rings (SSSR count). The molecule has 0 radical (unpaired) electrons. The fraction of sp³-hybridized carbons (Fsp3) is 0.368. The molecule has 1 unspecified atom stereocenters. The van der Waals surface area contributed by atoms with Crippen molar-refractivity contribution in [3.05, 3.63) is 69.2 Å². The molecule has 0 aliphatic rings. The highest BCUT2D eigenvalue weighted by molar-refractivity contribution is 9.10. The third kappa shape index (κ3) is 4.18. The molecule has 1 atom stereocenters. The molecule has 0 saturated carbocycles. The first kappa shape index (κ1) is 16.3. The summed E-state index contributed by atoms with van der Waals surface area (Å²) in [6.45, 7) is 6.64. The van der Waals surface area contributed by atoms with Gasteiger partial charge in [0.1, 0.15) is 0 Å². The molecule has 0 aliphatic heterocycles. The maximum absolute atomic E-state index is 3.58. The van der Waals surface area contributed by atoms with Crippen molar-refractivity contribution in [2.24, 2.45) is 0 Å². The molecule has 0 fully saturated rings. The minimum absolute atomic E-state index is 0.340. The van der Waals surface area contributed by atoms with Gasteiger partial charge in [-0.3, -0.25) is 0 Å². The van der Waals surface area contributed by atoms with Gasteiger partial charge in [0.05, 0.1) is 0 Å². The number of likely N-dealkylation sites (N-methyl/N-ethyl adjacent to an activating group) is 1. The predicted molar refractivity (Wildman–Crippen MR) is 94.9 cm³/mol. The van der Waals surface area contributed by atoms with Crippen molar-refractivity contribution < 1.29 is 0 Å². The van der Waals surface area contributed by atoms with Gasteiger partial charge in [-0.1, -0.05) is 60.1 Å². The first-order valence-corrected chi connectivity index (χ1v) is 8.32. The molecule has 0 saturated heterocycles. The van der Waals surface area contributed by atoms with Gasteiger partial charge in [0.2, 0.25) is 0 Å². The molecule has 1 N–H and O–H groups in total. The molecule has 0 heterocycles. The lowest BCUT2D eigenvalue weighted by atomic mass is 9.94. The quantitative estimate of drug-likeness (QED) is 0.766. The zero-order chi connectivity index (χ0) is 15.4. The maximum atomic E-state index is 3.58. The molecule has 2 aromatic rings. The van der Waals surface area contributed by atoms with Crippen LogP contribution in [0.4, 0.5) is 0 Å². The SMILES string of the molecule is CNC(Cc1ccc(C(C)C)cc1)c1cc(Br)ccc1C. The van der Waals surface area contributed by atoms with Gasteiger partial charge in [-0.05, 0) is 60.7 Å². The average molecular weight is 346 g/mol. The number of hydrogen-bond donors (Lipinski definition) is 1. The Labute approximate surface area is 136 Å². The summed E-state index contributed by atoms with van der Waals surface area (Å²) >= 11 is 3.58. The van der Waals surface area contributed by atoms with E-state index in [1.807, 2.05) is 7.05 Å². The van der Waals surface area contributed by atoms with E-state index in [2.05, 4.69) is 84.5 Å². The van der Waals surface area contributed by atoms with Crippen molar-refractivity contribution >= 4 is 15.9 Å². The van der Waals surface area contributed by atoms with E-state index in [9.17, 15) is 0 Å². The lowest BCUT2D eigenvalue weighted by Gasteiger charge is -2.20. The highest BCUT2D eigenvalue weighted by atomic mass is 79.9. The Hall–Kier alpha value is -1.12. The van der Waals surface area contributed by atoms with Crippen LogP contribution in [0.3, 0.4) is 0 Å². The maximum Gasteiger partial charge on any atom is 0.0361 e. The Morgan fingerprint density at radius 2 is 1.71 bits per heavy atom. The van der Waals surface area contributed by atoms with Gasteiger partial charge in [0.25, 0.3) is 0 Å². The predicted octanol–water partition coefficient (Wildman–Crippen LogP) is 5.38. The smallest absolute Gasteiger partial charge is 0.0361 e. The number of hydrogen-bond acceptors (Lipinski definition) is 1. The van der Waals surface area contributed by atoms with Crippen molar-refractivity contribution in [2.75, 3.05) is 7.05 Å². The van der Waals surface area contributed by atoms with E-state index in [4.69, 9.17) is 0 Å². The van der Waals surface area contributed by atoms with Crippen LogP contribution in [-0.4, -0.2) is 7.05 Å². The number of halogens is 1. The molecule has 2 heteroatoms. The van der Waals surface area contributed by atoms with E-state index in [1.54, 1.807) is 0 Å². The zero-order valence-electron chi connectivity index (χ0n) is 13.3. The van der Waals surface area contributed by atoms with Crippen LogP contribution in [0, 0.1) is 6.92 Å². The first-order valence-electron chi connectivity index (χ1n) is 7.53. The lowest BCUT2D eigenvalue weighted by molar-refractivity contribution is 0.588. The van der Waals surface area contributed by atoms with E-state index in [1.165, 1.54) is 22.3 Å². The van der Waals surface area contributed by atoms with Crippen LogP contribution >= 0.6 is 15.9 Å². The first-order chi connectivity index (χ1) is 10.0. The Bertz CT molecular complexity index is 587. The van der Waals surface area contributed by atoms with Crippen LogP contribution in [0.15, 0.2) is 46.9 Å². The zero-order valence-corrected chi connectivity index (χ0v) is 14.9. The van der Waals surface area contributed by atoms with Gasteiger partial charge in [-0.2, -0.15) is 0 Å². The van der Waals surface area contributed by atoms with Crippen molar-refractivity contribution in [2.45, 2.75) is 39.2 Å². The summed E-state index contributed by atoms with van der Waals surface area (Å²) in [5.74, 6) is 0.589. The average Bonchev–Trinajstić information content (AvgIpc) is 2.48. The molecule has 0 aromatic heterocycles. The second kappa shape index (κ2) is 7.24. The standard InChI is InChI=1S/C19H24BrN/c1-13(2)16-8-6-15(7-9-16)11-19(21-4)18-12-17(20)10-5-14(18)3/h5-10,12-13,19,21H,11H2,1-4H3. The third-order valence-corrected chi connectivity index (χ3v) is 4.54. The van der Waals surface area contributed by atoms with Gasteiger partial charge in [0, 0.05) is 10.5 Å². The van der Waals surface area contributed by atoms with Gasteiger partial charge < -0.3 is 5.32 Å². The Balaban J connectivity index is 2.20. The third-order valence-electron chi connectivity index (χ3n) is 4.05. The Morgan fingerprint density at radius 1 is 1.05 bits per heavy atom. The van der Waals surface area contributed by atoms with E-state index < -0.39 is 0 Å². The van der Waals surface area contributed by atoms with Crippen LogP contribution in [-0.2, 0) is 6.42 Å². The van der Waals surface area contributed by atoms with E-state index >= 15 is 0 Å². The van der Waals surface area contributed by atoms with Crippen molar-refractivity contribution in [3.63, 3.8) is 0 Å². The molecule has 112 valence electrons. The second-order valence-electron chi connectivity index (χ2n) is 5.94. The Morgan fingerprint density at radius 3 is 2.29 bits per heavy atom. The summed E-state index contributed by atoms with van der Waals surface area (Å²) in [5, 5.41) is 3.45. The fourth-order valence-electron chi connectivity index (χ4n) is 2.63. The van der Waals surface area contributed by atoms with Crippen LogP contribution < -0.4 is 5.32 Å². The Kier molecular flexibility index (Phi) is 5.60. The van der Waals surface area contributed by atoms with Gasteiger partial charge in [-0.15, -0.1) is 0 Å². The summed E-state index contributed by atoms with van der Waals surface area (Å²) in [7, 11) is 2.04. The van der Waals surface area contributed by atoms with Crippen LogP contribution in [0.2, 0.25) is 0 Å². The summed E-state index contributed by atoms with van der Waals surface area (Å²) in [6.07, 6.45) is 1.01. The minimum Gasteiger partial charge on any atom is -0.313 e. The normalized spacial score (nSPS) is 12.7. The number of benzene rings is 2.